The maximum Gasteiger partial charge on any atom is 0.407 e. The zero-order valence-electron chi connectivity index (χ0n) is 25.0. The number of hydrogen-bond donors (Lipinski definition) is 2. The minimum atomic E-state index is -4.23. The van der Waals surface area contributed by atoms with Gasteiger partial charge in [-0.05, 0) is 63.3 Å². The van der Waals surface area contributed by atoms with Crippen LogP contribution >= 0.6 is 0 Å². The SMILES string of the molecule is CC(C)(C)OC(=O)N[C@@H](Cc1ccccc1)[C@@H](O)CN(OC1CCCC1)S(=O)(=O)c1cccc(OCc2ccccc2)c1. The van der Waals surface area contributed by atoms with E-state index < -0.39 is 40.4 Å². The van der Waals surface area contributed by atoms with Crippen molar-refractivity contribution in [2.75, 3.05) is 6.54 Å². The highest BCUT2D eigenvalue weighted by molar-refractivity contribution is 7.89. The Bertz CT molecular complexity index is 1410. The van der Waals surface area contributed by atoms with Gasteiger partial charge in [-0.1, -0.05) is 84.0 Å². The third-order valence-electron chi connectivity index (χ3n) is 6.99. The third kappa shape index (κ3) is 10.1. The van der Waals surface area contributed by atoms with Crippen molar-refractivity contribution in [1.29, 1.82) is 0 Å². The molecule has 0 spiro atoms. The number of sulfonamides is 1. The lowest BCUT2D eigenvalue weighted by Crippen LogP contribution is -2.51. The van der Waals surface area contributed by atoms with Gasteiger partial charge in [0, 0.05) is 6.07 Å². The molecule has 0 radical (unpaired) electrons. The largest absolute Gasteiger partial charge is 0.489 e. The smallest absolute Gasteiger partial charge is 0.407 e. The van der Waals surface area contributed by atoms with E-state index in [2.05, 4.69) is 5.32 Å². The standard InChI is InChI=1S/C33H42N2O7S/c1-33(2,3)41-32(37)34-30(21-25-13-6-4-7-14-25)31(36)23-35(42-27-17-10-11-18-27)43(38,39)29-20-12-19-28(22-29)40-24-26-15-8-5-9-16-26/h4-9,12-16,19-20,22,27,30-31,36H,10-11,17-18,21,23-24H2,1-3H3,(H,34,37)/t30-,31-/m0/s1. The number of benzene rings is 3. The highest BCUT2D eigenvalue weighted by atomic mass is 32.2. The summed E-state index contributed by atoms with van der Waals surface area (Å²) in [5.41, 5.74) is 1.06. The number of carbonyl (C=O) groups is 1. The average Bonchev–Trinajstić information content (AvgIpc) is 3.49. The molecule has 0 saturated heterocycles. The van der Waals surface area contributed by atoms with E-state index in [1.54, 1.807) is 32.9 Å². The van der Waals surface area contributed by atoms with E-state index in [1.165, 1.54) is 12.1 Å². The minimum Gasteiger partial charge on any atom is -0.489 e. The highest BCUT2D eigenvalue weighted by Gasteiger charge is 2.35. The molecule has 3 aromatic rings. The molecule has 0 unspecified atom stereocenters. The van der Waals surface area contributed by atoms with Crippen molar-refractivity contribution in [2.24, 2.45) is 0 Å². The number of carbonyl (C=O) groups excluding carboxylic acids is 1. The summed E-state index contributed by atoms with van der Waals surface area (Å²) in [6.45, 7) is 5.12. The van der Waals surface area contributed by atoms with Gasteiger partial charge in [0.25, 0.3) is 10.0 Å². The molecular formula is C33H42N2O7S. The van der Waals surface area contributed by atoms with Gasteiger partial charge in [-0.15, -0.1) is 0 Å². The van der Waals surface area contributed by atoms with Crippen LogP contribution in [-0.2, 0) is 32.6 Å². The number of nitrogens with zero attached hydrogens (tertiary/aromatic N) is 1. The van der Waals surface area contributed by atoms with Crippen LogP contribution in [0.25, 0.3) is 0 Å². The summed E-state index contributed by atoms with van der Waals surface area (Å²) in [5.74, 6) is 0.389. The third-order valence-corrected chi connectivity index (χ3v) is 8.61. The Morgan fingerprint density at radius 1 is 0.953 bits per heavy atom. The molecule has 1 fully saturated rings. The molecule has 232 valence electrons. The predicted molar refractivity (Wildman–Crippen MR) is 164 cm³/mol. The molecule has 9 nitrogen and oxygen atoms in total. The molecule has 0 bridgehead atoms. The number of hydroxylamine groups is 1. The average molecular weight is 611 g/mol. The fourth-order valence-corrected chi connectivity index (χ4v) is 6.17. The van der Waals surface area contributed by atoms with Crippen LogP contribution in [-0.4, -0.2) is 54.5 Å². The lowest BCUT2D eigenvalue weighted by molar-refractivity contribution is -0.145. The number of amides is 1. The highest BCUT2D eigenvalue weighted by Crippen LogP contribution is 2.28. The molecule has 1 aliphatic rings. The van der Waals surface area contributed by atoms with Crippen molar-refractivity contribution in [1.82, 2.24) is 9.79 Å². The quantitative estimate of drug-likeness (QED) is 0.241. The topological polar surface area (TPSA) is 114 Å². The number of ether oxygens (including phenoxy) is 2. The van der Waals surface area contributed by atoms with Gasteiger partial charge < -0.3 is 19.9 Å². The Morgan fingerprint density at radius 2 is 1.58 bits per heavy atom. The zero-order chi connectivity index (χ0) is 30.9. The van der Waals surface area contributed by atoms with Gasteiger partial charge in [0.05, 0.1) is 29.7 Å². The fraction of sp³-hybridized carbons (Fsp3) is 0.424. The molecule has 3 aromatic carbocycles. The van der Waals surface area contributed by atoms with Crippen LogP contribution in [0.2, 0.25) is 0 Å². The predicted octanol–water partition coefficient (Wildman–Crippen LogP) is 5.63. The molecular weight excluding hydrogens is 568 g/mol. The Kier molecular flexibility index (Phi) is 11.2. The summed E-state index contributed by atoms with van der Waals surface area (Å²) in [7, 11) is -4.23. The maximum atomic E-state index is 14.0. The second-order valence-corrected chi connectivity index (χ2v) is 13.6. The van der Waals surface area contributed by atoms with E-state index in [0.717, 1.165) is 28.4 Å². The van der Waals surface area contributed by atoms with Crippen molar-refractivity contribution >= 4 is 16.1 Å². The second kappa shape index (κ2) is 14.8. The van der Waals surface area contributed by atoms with Crippen molar-refractivity contribution in [2.45, 2.75) is 88.2 Å². The van der Waals surface area contributed by atoms with Gasteiger partial charge in [0.2, 0.25) is 0 Å². The Hall–Kier alpha value is -3.44. The lowest BCUT2D eigenvalue weighted by Gasteiger charge is -2.31. The normalized spacial score (nSPS) is 15.7. The molecule has 0 aliphatic heterocycles. The van der Waals surface area contributed by atoms with Crippen LogP contribution in [0.4, 0.5) is 4.79 Å². The monoisotopic (exact) mass is 610 g/mol. The minimum absolute atomic E-state index is 0.0250. The van der Waals surface area contributed by atoms with Crippen LogP contribution in [0.1, 0.15) is 57.6 Å². The van der Waals surface area contributed by atoms with E-state index in [4.69, 9.17) is 14.3 Å². The first-order valence-electron chi connectivity index (χ1n) is 14.7. The number of hydrogen-bond acceptors (Lipinski definition) is 7. The lowest BCUT2D eigenvalue weighted by atomic mass is 10.0. The molecule has 4 rings (SSSR count). The molecule has 2 atom stereocenters. The summed E-state index contributed by atoms with van der Waals surface area (Å²) < 4.78 is 40.2. The first kappa shape index (κ1) is 32.5. The van der Waals surface area contributed by atoms with Crippen LogP contribution in [0.5, 0.6) is 5.75 Å². The molecule has 2 N–H and O–H groups in total. The molecule has 1 saturated carbocycles. The number of rotatable bonds is 13. The number of nitrogens with one attached hydrogen (secondary N) is 1. The summed E-state index contributed by atoms with van der Waals surface area (Å²) in [6, 6.07) is 24.3. The van der Waals surface area contributed by atoms with E-state index in [0.29, 0.717) is 18.6 Å². The summed E-state index contributed by atoms with van der Waals surface area (Å²) in [6.07, 6.45) is 1.22. The van der Waals surface area contributed by atoms with E-state index in [-0.39, 0.29) is 24.0 Å². The number of alkyl carbamates (subject to hydrolysis) is 1. The Balaban J connectivity index is 1.56. The Labute approximate surface area is 254 Å². The maximum absolute atomic E-state index is 14.0. The molecule has 1 aliphatic carbocycles. The van der Waals surface area contributed by atoms with Crippen molar-refractivity contribution in [3.05, 3.63) is 96.1 Å². The van der Waals surface area contributed by atoms with Crippen molar-refractivity contribution in [3.63, 3.8) is 0 Å². The van der Waals surface area contributed by atoms with Crippen molar-refractivity contribution < 1.29 is 32.6 Å². The second-order valence-electron chi connectivity index (χ2n) is 11.8. The van der Waals surface area contributed by atoms with Gasteiger partial charge in [0.1, 0.15) is 18.0 Å². The van der Waals surface area contributed by atoms with Crippen molar-refractivity contribution in [3.8, 4) is 5.75 Å². The molecule has 43 heavy (non-hydrogen) atoms. The van der Waals surface area contributed by atoms with E-state index >= 15 is 0 Å². The van der Waals surface area contributed by atoms with E-state index in [1.807, 2.05) is 60.7 Å². The summed E-state index contributed by atoms with van der Waals surface area (Å²) in [5, 5.41) is 14.2. The fourth-order valence-electron chi connectivity index (χ4n) is 4.83. The number of aliphatic hydroxyl groups excluding tert-OH is 1. The van der Waals surface area contributed by atoms with Crippen LogP contribution in [0.15, 0.2) is 89.8 Å². The zero-order valence-corrected chi connectivity index (χ0v) is 25.8. The van der Waals surface area contributed by atoms with Crippen LogP contribution < -0.4 is 10.1 Å². The molecule has 10 heteroatoms. The van der Waals surface area contributed by atoms with Crippen LogP contribution in [0, 0.1) is 0 Å². The summed E-state index contributed by atoms with van der Waals surface area (Å²) in [4.78, 5) is 18.8. The molecule has 1 amide bonds. The number of aliphatic hydroxyl groups is 1. The van der Waals surface area contributed by atoms with E-state index in [9.17, 15) is 18.3 Å². The first-order valence-corrected chi connectivity index (χ1v) is 16.1. The van der Waals surface area contributed by atoms with Gasteiger partial charge in [-0.25, -0.2) is 13.2 Å². The first-order chi connectivity index (χ1) is 20.5. The van der Waals surface area contributed by atoms with Gasteiger partial charge >= 0.3 is 6.09 Å². The van der Waals surface area contributed by atoms with Gasteiger partial charge in [0.15, 0.2) is 0 Å². The molecule has 0 aromatic heterocycles. The Morgan fingerprint density at radius 3 is 2.21 bits per heavy atom. The summed E-state index contributed by atoms with van der Waals surface area (Å²) >= 11 is 0. The van der Waals surface area contributed by atoms with Crippen LogP contribution in [0.3, 0.4) is 0 Å². The van der Waals surface area contributed by atoms with Gasteiger partial charge in [-0.3, -0.25) is 4.84 Å². The molecule has 0 heterocycles. The van der Waals surface area contributed by atoms with Gasteiger partial charge in [-0.2, -0.15) is 0 Å².